The highest BCUT2D eigenvalue weighted by Gasteiger charge is 2.32. The predicted molar refractivity (Wildman–Crippen MR) is 70.1 cm³/mol. The highest BCUT2D eigenvalue weighted by Crippen LogP contribution is 2.22. The Bertz CT molecular complexity index is 542. The molecule has 108 valence electrons. The number of ether oxygens (including phenoxy) is 1. The minimum Gasteiger partial charge on any atom is -0.390 e. The van der Waals surface area contributed by atoms with Crippen LogP contribution in [-0.4, -0.2) is 47.7 Å². The second kappa shape index (κ2) is 5.24. The summed E-state index contributed by atoms with van der Waals surface area (Å²) in [5.74, 6) is 0. The number of morpholine rings is 1. The molecule has 0 bridgehead atoms. The van der Waals surface area contributed by atoms with Crippen molar-refractivity contribution in [2.75, 3.05) is 13.1 Å². The zero-order chi connectivity index (χ0) is 14.2. The summed E-state index contributed by atoms with van der Waals surface area (Å²) in [7, 11) is -1.80. The number of aryl methyl sites for hydroxylation is 1. The van der Waals surface area contributed by atoms with Gasteiger partial charge in [0, 0.05) is 32.0 Å². The normalized spacial score (nSPS) is 25.7. The van der Waals surface area contributed by atoms with E-state index in [1.165, 1.54) is 16.6 Å². The minimum absolute atomic E-state index is 0.112. The van der Waals surface area contributed by atoms with Crippen LogP contribution in [0.5, 0.6) is 0 Å². The van der Waals surface area contributed by atoms with Gasteiger partial charge in [0.15, 0.2) is 0 Å². The molecule has 1 aromatic heterocycles. The summed E-state index contributed by atoms with van der Waals surface area (Å²) < 4.78 is 33.7. The molecule has 2 heterocycles. The van der Waals surface area contributed by atoms with E-state index in [4.69, 9.17) is 9.84 Å². The van der Waals surface area contributed by atoms with E-state index in [-0.39, 0.29) is 23.7 Å². The number of aliphatic hydroxyl groups is 1. The Morgan fingerprint density at radius 1 is 1.37 bits per heavy atom. The smallest absolute Gasteiger partial charge is 0.244 e. The van der Waals surface area contributed by atoms with Crippen molar-refractivity contribution in [1.82, 2.24) is 8.87 Å². The van der Waals surface area contributed by atoms with Crippen molar-refractivity contribution in [2.24, 2.45) is 7.05 Å². The van der Waals surface area contributed by atoms with Crippen molar-refractivity contribution in [3.8, 4) is 0 Å². The number of hydrogen-bond donors (Lipinski definition) is 1. The van der Waals surface area contributed by atoms with Gasteiger partial charge in [0.2, 0.25) is 10.0 Å². The van der Waals surface area contributed by atoms with E-state index in [2.05, 4.69) is 0 Å². The third-order valence-corrected chi connectivity index (χ3v) is 5.07. The summed E-state index contributed by atoms with van der Waals surface area (Å²) in [6.45, 7) is 4.26. The van der Waals surface area contributed by atoms with Gasteiger partial charge in [0.05, 0.1) is 18.8 Å². The Labute approximate surface area is 113 Å². The van der Waals surface area contributed by atoms with Gasteiger partial charge < -0.3 is 14.4 Å². The molecule has 0 saturated carbocycles. The van der Waals surface area contributed by atoms with Crippen molar-refractivity contribution in [1.29, 1.82) is 0 Å². The molecule has 0 unspecified atom stereocenters. The van der Waals surface area contributed by atoms with Gasteiger partial charge in [-0.15, -0.1) is 0 Å². The Balaban J connectivity index is 2.30. The van der Waals surface area contributed by atoms with Crippen LogP contribution in [0.1, 0.15) is 19.5 Å². The molecule has 1 N–H and O–H groups in total. The zero-order valence-electron chi connectivity index (χ0n) is 11.4. The van der Waals surface area contributed by atoms with Crippen LogP contribution in [-0.2, 0) is 28.4 Å². The second-order valence-corrected chi connectivity index (χ2v) is 6.95. The van der Waals surface area contributed by atoms with Crippen LogP contribution in [0.2, 0.25) is 0 Å². The summed E-state index contributed by atoms with van der Waals surface area (Å²) in [5.41, 5.74) is 0.577. The average molecular weight is 288 g/mol. The van der Waals surface area contributed by atoms with E-state index in [1.807, 2.05) is 13.8 Å². The van der Waals surface area contributed by atoms with Crippen LogP contribution < -0.4 is 0 Å². The first-order chi connectivity index (χ1) is 8.84. The maximum Gasteiger partial charge on any atom is 0.244 e. The van der Waals surface area contributed by atoms with Gasteiger partial charge in [0.1, 0.15) is 4.90 Å². The Kier molecular flexibility index (Phi) is 4.00. The Morgan fingerprint density at radius 2 is 1.95 bits per heavy atom. The lowest BCUT2D eigenvalue weighted by molar-refractivity contribution is -0.0440. The lowest BCUT2D eigenvalue weighted by Gasteiger charge is -2.34. The molecular formula is C12H20N2O4S. The van der Waals surface area contributed by atoms with Crippen LogP contribution in [0, 0.1) is 0 Å². The van der Waals surface area contributed by atoms with Crippen molar-refractivity contribution in [3.63, 3.8) is 0 Å². The van der Waals surface area contributed by atoms with Crippen LogP contribution in [0.3, 0.4) is 0 Å². The summed E-state index contributed by atoms with van der Waals surface area (Å²) >= 11 is 0. The van der Waals surface area contributed by atoms with Gasteiger partial charge in [0.25, 0.3) is 0 Å². The molecule has 1 aromatic rings. The number of sulfonamides is 1. The van der Waals surface area contributed by atoms with Gasteiger partial charge in [-0.1, -0.05) is 0 Å². The van der Waals surface area contributed by atoms with Gasteiger partial charge >= 0.3 is 0 Å². The molecule has 2 atom stereocenters. The number of aliphatic hydroxyl groups excluding tert-OH is 1. The highest BCUT2D eigenvalue weighted by atomic mass is 32.2. The fourth-order valence-corrected chi connectivity index (χ4v) is 4.04. The maximum absolute atomic E-state index is 12.5. The first kappa shape index (κ1) is 14.5. The van der Waals surface area contributed by atoms with Crippen LogP contribution in [0.15, 0.2) is 17.2 Å². The third kappa shape index (κ3) is 2.84. The quantitative estimate of drug-likeness (QED) is 0.869. The van der Waals surface area contributed by atoms with Crippen LogP contribution in [0.4, 0.5) is 0 Å². The fourth-order valence-electron chi connectivity index (χ4n) is 2.35. The molecule has 0 aliphatic carbocycles. The number of hydrogen-bond acceptors (Lipinski definition) is 4. The third-order valence-electron chi connectivity index (χ3n) is 3.27. The molecule has 1 aliphatic heterocycles. The molecular weight excluding hydrogens is 268 g/mol. The first-order valence-electron chi connectivity index (χ1n) is 6.26. The van der Waals surface area contributed by atoms with Crippen molar-refractivity contribution >= 4 is 10.0 Å². The van der Waals surface area contributed by atoms with Crippen molar-refractivity contribution < 1.29 is 18.3 Å². The molecule has 1 fully saturated rings. The van der Waals surface area contributed by atoms with Crippen molar-refractivity contribution in [2.45, 2.75) is 37.6 Å². The molecule has 0 aromatic carbocycles. The number of nitrogens with zero attached hydrogens (tertiary/aromatic N) is 2. The van der Waals surface area contributed by atoms with E-state index in [0.29, 0.717) is 18.8 Å². The molecule has 1 saturated heterocycles. The summed E-state index contributed by atoms with van der Waals surface area (Å²) in [4.78, 5) is 0.223. The largest absolute Gasteiger partial charge is 0.390 e. The van der Waals surface area contributed by atoms with E-state index >= 15 is 0 Å². The summed E-state index contributed by atoms with van der Waals surface area (Å²) in [5, 5.41) is 9.14. The lowest BCUT2D eigenvalue weighted by Crippen LogP contribution is -2.48. The van der Waals surface area contributed by atoms with E-state index < -0.39 is 10.0 Å². The number of aromatic nitrogens is 1. The molecule has 7 heteroatoms. The molecule has 19 heavy (non-hydrogen) atoms. The van der Waals surface area contributed by atoms with Crippen LogP contribution in [0.25, 0.3) is 0 Å². The lowest BCUT2D eigenvalue weighted by atomic mass is 10.3. The van der Waals surface area contributed by atoms with E-state index in [0.717, 1.165) is 0 Å². The molecule has 0 spiro atoms. The van der Waals surface area contributed by atoms with Gasteiger partial charge in [-0.05, 0) is 19.9 Å². The molecule has 0 amide bonds. The Morgan fingerprint density at radius 3 is 2.42 bits per heavy atom. The monoisotopic (exact) mass is 288 g/mol. The van der Waals surface area contributed by atoms with E-state index in [9.17, 15) is 8.42 Å². The standard InChI is InChI=1S/C12H20N2O4S/c1-9-5-14(6-10(2)18-9)19(16,17)12-4-11(8-15)13(3)7-12/h4,7,9-10,15H,5-6,8H2,1-3H3/t9-,10+. The zero-order valence-corrected chi connectivity index (χ0v) is 12.2. The summed E-state index contributed by atoms with van der Waals surface area (Å²) in [6.07, 6.45) is 1.31. The fraction of sp³-hybridized carbons (Fsp3) is 0.667. The maximum atomic E-state index is 12.5. The topological polar surface area (TPSA) is 71.8 Å². The highest BCUT2D eigenvalue weighted by molar-refractivity contribution is 7.89. The van der Waals surface area contributed by atoms with Gasteiger partial charge in [-0.2, -0.15) is 4.31 Å². The predicted octanol–water partition coefficient (Wildman–Crippen LogP) is 0.315. The minimum atomic E-state index is -3.52. The average Bonchev–Trinajstić information content (AvgIpc) is 2.70. The SMILES string of the molecule is C[C@@H]1CN(S(=O)(=O)c2cc(CO)n(C)c2)C[C@H](C)O1. The molecule has 2 rings (SSSR count). The van der Waals surface area contributed by atoms with Gasteiger partial charge in [-0.25, -0.2) is 8.42 Å². The molecule has 1 aliphatic rings. The molecule has 6 nitrogen and oxygen atoms in total. The summed E-state index contributed by atoms with van der Waals surface area (Å²) in [6, 6.07) is 1.51. The van der Waals surface area contributed by atoms with E-state index in [1.54, 1.807) is 11.6 Å². The Hall–Kier alpha value is -0.890. The first-order valence-corrected chi connectivity index (χ1v) is 7.70. The van der Waals surface area contributed by atoms with Crippen molar-refractivity contribution in [3.05, 3.63) is 18.0 Å². The number of rotatable bonds is 3. The van der Waals surface area contributed by atoms with Gasteiger partial charge in [-0.3, -0.25) is 0 Å². The second-order valence-electron chi connectivity index (χ2n) is 5.02. The van der Waals surface area contributed by atoms with Crippen LogP contribution >= 0.6 is 0 Å². The molecule has 0 radical (unpaired) electrons.